The first-order valence-corrected chi connectivity index (χ1v) is 10.9. The molecule has 0 saturated heterocycles. The van der Waals surface area contributed by atoms with Crippen molar-refractivity contribution in [1.82, 2.24) is 9.78 Å². The van der Waals surface area contributed by atoms with E-state index < -0.39 is 5.97 Å². The van der Waals surface area contributed by atoms with Gasteiger partial charge in [-0.15, -0.1) is 0 Å². The number of halogens is 1. The summed E-state index contributed by atoms with van der Waals surface area (Å²) in [5.41, 5.74) is 5.19. The highest BCUT2D eigenvalue weighted by Crippen LogP contribution is 2.43. The van der Waals surface area contributed by atoms with Crippen LogP contribution in [0.5, 0.6) is 0 Å². The van der Waals surface area contributed by atoms with Gasteiger partial charge in [0.2, 0.25) is 0 Å². The molecule has 30 heavy (non-hydrogen) atoms. The quantitative estimate of drug-likeness (QED) is 0.781. The molecule has 1 atom stereocenters. The number of benzene rings is 1. The zero-order valence-electron chi connectivity index (χ0n) is 16.6. The maximum absolute atomic E-state index is 13.6. The van der Waals surface area contributed by atoms with E-state index in [9.17, 15) is 14.7 Å². The Morgan fingerprint density at radius 1 is 1.20 bits per heavy atom. The highest BCUT2D eigenvalue weighted by Gasteiger charge is 2.33. The summed E-state index contributed by atoms with van der Waals surface area (Å²) in [5.74, 6) is -0.928. The number of ether oxygens (including phenoxy) is 1. The molecule has 3 aliphatic rings. The minimum Gasteiger partial charge on any atom is -0.481 e. The number of carbonyl (C=O) groups excluding carboxylic acids is 1. The molecule has 6 nitrogen and oxygen atoms in total. The minimum absolute atomic E-state index is 0.213. The smallest absolute Gasteiger partial charge is 0.306 e. The number of fused-ring (bicyclic) bond motifs is 1. The Labute approximate surface area is 179 Å². The summed E-state index contributed by atoms with van der Waals surface area (Å²) >= 11 is 6.47. The summed E-state index contributed by atoms with van der Waals surface area (Å²) in [6.45, 7) is 0.923. The van der Waals surface area contributed by atoms with E-state index in [0.29, 0.717) is 55.4 Å². The summed E-state index contributed by atoms with van der Waals surface area (Å²) in [6.07, 6.45) is 6.54. The van der Waals surface area contributed by atoms with Gasteiger partial charge in [-0.05, 0) is 61.6 Å². The fourth-order valence-corrected chi connectivity index (χ4v) is 4.81. The fourth-order valence-electron chi connectivity index (χ4n) is 4.55. The van der Waals surface area contributed by atoms with Gasteiger partial charge in [-0.25, -0.2) is 0 Å². The molecule has 1 unspecified atom stereocenters. The van der Waals surface area contributed by atoms with Crippen molar-refractivity contribution >= 4 is 29.1 Å². The van der Waals surface area contributed by atoms with Crippen LogP contribution < -0.4 is 0 Å². The van der Waals surface area contributed by atoms with Crippen molar-refractivity contribution in [3.8, 4) is 0 Å². The van der Waals surface area contributed by atoms with Crippen molar-refractivity contribution < 1.29 is 19.4 Å². The van der Waals surface area contributed by atoms with Gasteiger partial charge in [0.25, 0.3) is 5.91 Å². The Balaban J connectivity index is 1.56. The molecule has 1 aromatic carbocycles. The zero-order chi connectivity index (χ0) is 20.8. The second-order valence-electron chi connectivity index (χ2n) is 8.31. The lowest BCUT2D eigenvalue weighted by Gasteiger charge is -2.19. The molecule has 156 valence electrons. The molecule has 5 rings (SSSR count). The number of carboxylic acids is 1. The Morgan fingerprint density at radius 2 is 2.03 bits per heavy atom. The molecular weight excluding hydrogens is 404 g/mol. The van der Waals surface area contributed by atoms with Crippen LogP contribution in [0.1, 0.15) is 70.9 Å². The largest absolute Gasteiger partial charge is 0.481 e. The Hall–Kier alpha value is -2.44. The predicted octanol–water partition coefficient (Wildman–Crippen LogP) is 4.44. The van der Waals surface area contributed by atoms with E-state index in [0.717, 1.165) is 40.9 Å². The SMILES string of the molecule is O=C(O)C1CC=C(c2nn(C(=O)c3c(Cl)cccc3C3CC3)c3c2CCOC3)CC1. The summed E-state index contributed by atoms with van der Waals surface area (Å²) < 4.78 is 7.12. The summed E-state index contributed by atoms with van der Waals surface area (Å²) in [7, 11) is 0. The standard InChI is InChI=1S/C23H23ClN2O4/c24-18-3-1-2-16(13-4-5-13)20(18)22(27)26-19-12-30-11-10-17(19)21(25-26)14-6-8-15(9-7-14)23(28)29/h1-3,6,13,15H,4-5,7-12H2,(H,28,29). The fraction of sp³-hybridized carbons (Fsp3) is 0.435. The highest BCUT2D eigenvalue weighted by atomic mass is 35.5. The molecule has 1 saturated carbocycles. The Bertz CT molecular complexity index is 1070. The van der Waals surface area contributed by atoms with Crippen LogP contribution in [0.4, 0.5) is 0 Å². The monoisotopic (exact) mass is 426 g/mol. The van der Waals surface area contributed by atoms with Gasteiger partial charge >= 0.3 is 5.97 Å². The Morgan fingerprint density at radius 3 is 2.73 bits per heavy atom. The number of aromatic nitrogens is 2. The molecule has 1 N–H and O–H groups in total. The highest BCUT2D eigenvalue weighted by molar-refractivity contribution is 6.34. The molecular formula is C23H23ClN2O4. The predicted molar refractivity (Wildman–Crippen MR) is 112 cm³/mol. The van der Waals surface area contributed by atoms with Crippen molar-refractivity contribution in [2.75, 3.05) is 6.61 Å². The first kappa shape index (κ1) is 19.5. The molecule has 0 spiro atoms. The second-order valence-corrected chi connectivity index (χ2v) is 8.72. The van der Waals surface area contributed by atoms with Gasteiger partial charge in [-0.2, -0.15) is 9.78 Å². The number of hydrogen-bond donors (Lipinski definition) is 1. The molecule has 1 fully saturated rings. The number of aliphatic carboxylic acids is 1. The maximum atomic E-state index is 13.6. The van der Waals surface area contributed by atoms with Crippen molar-refractivity contribution in [2.45, 2.75) is 51.0 Å². The van der Waals surface area contributed by atoms with E-state index in [2.05, 4.69) is 0 Å². The van der Waals surface area contributed by atoms with Gasteiger partial charge in [0.05, 0.1) is 41.1 Å². The molecule has 1 aromatic heterocycles. The molecule has 2 aliphatic carbocycles. The number of carbonyl (C=O) groups is 2. The van der Waals surface area contributed by atoms with Crippen molar-refractivity contribution in [3.63, 3.8) is 0 Å². The van der Waals surface area contributed by atoms with Gasteiger partial charge in [0.1, 0.15) is 0 Å². The normalized spacial score (nSPS) is 21.1. The van der Waals surface area contributed by atoms with Gasteiger partial charge in [-0.1, -0.05) is 29.8 Å². The Kier molecular flexibility index (Phi) is 4.99. The topological polar surface area (TPSA) is 81.4 Å². The summed E-state index contributed by atoms with van der Waals surface area (Å²) in [4.78, 5) is 24.9. The molecule has 2 aromatic rings. The van der Waals surface area contributed by atoms with Gasteiger partial charge in [0.15, 0.2) is 0 Å². The van der Waals surface area contributed by atoms with Gasteiger partial charge in [-0.3, -0.25) is 9.59 Å². The maximum Gasteiger partial charge on any atom is 0.306 e. The minimum atomic E-state index is -0.757. The number of rotatable bonds is 4. The third kappa shape index (κ3) is 3.38. The second kappa shape index (κ2) is 7.67. The molecule has 1 aliphatic heterocycles. The number of nitrogens with zero attached hydrogens (tertiary/aromatic N) is 2. The molecule has 7 heteroatoms. The van der Waals surface area contributed by atoms with E-state index in [4.69, 9.17) is 21.4 Å². The lowest BCUT2D eigenvalue weighted by Crippen LogP contribution is -2.21. The number of hydrogen-bond acceptors (Lipinski definition) is 4. The van der Waals surface area contributed by atoms with Crippen LogP contribution in [-0.2, 0) is 22.6 Å². The van der Waals surface area contributed by atoms with Gasteiger partial charge in [0, 0.05) is 5.56 Å². The first-order chi connectivity index (χ1) is 14.5. The summed E-state index contributed by atoms with van der Waals surface area (Å²) in [5, 5.41) is 14.5. The van der Waals surface area contributed by atoms with E-state index in [1.807, 2.05) is 18.2 Å². The first-order valence-electron chi connectivity index (χ1n) is 10.5. The van der Waals surface area contributed by atoms with Crippen LogP contribution in [0.25, 0.3) is 5.57 Å². The number of allylic oxidation sites excluding steroid dienone is 2. The van der Waals surface area contributed by atoms with E-state index in [-0.39, 0.29) is 11.8 Å². The molecule has 0 bridgehead atoms. The van der Waals surface area contributed by atoms with Crippen molar-refractivity contribution in [2.24, 2.45) is 5.92 Å². The third-order valence-corrected chi connectivity index (χ3v) is 6.67. The molecule has 0 radical (unpaired) electrons. The van der Waals surface area contributed by atoms with Crippen LogP contribution in [-0.4, -0.2) is 33.4 Å². The zero-order valence-corrected chi connectivity index (χ0v) is 17.3. The van der Waals surface area contributed by atoms with Crippen molar-refractivity contribution in [3.05, 3.63) is 57.4 Å². The van der Waals surface area contributed by atoms with E-state index in [1.165, 1.54) is 4.68 Å². The average Bonchev–Trinajstić information content (AvgIpc) is 3.53. The lowest BCUT2D eigenvalue weighted by atomic mass is 9.87. The van der Waals surface area contributed by atoms with Gasteiger partial charge < -0.3 is 9.84 Å². The van der Waals surface area contributed by atoms with E-state index >= 15 is 0 Å². The van der Waals surface area contributed by atoms with Crippen LogP contribution in [0.2, 0.25) is 5.02 Å². The van der Waals surface area contributed by atoms with Crippen LogP contribution in [0.15, 0.2) is 24.3 Å². The van der Waals surface area contributed by atoms with Crippen LogP contribution >= 0.6 is 11.6 Å². The van der Waals surface area contributed by atoms with Crippen LogP contribution in [0, 0.1) is 5.92 Å². The summed E-state index contributed by atoms with van der Waals surface area (Å²) in [6, 6.07) is 5.63. The van der Waals surface area contributed by atoms with E-state index in [1.54, 1.807) is 6.07 Å². The average molecular weight is 427 g/mol. The lowest BCUT2D eigenvalue weighted by molar-refractivity contribution is -0.141. The molecule has 0 amide bonds. The van der Waals surface area contributed by atoms with Crippen molar-refractivity contribution in [1.29, 1.82) is 0 Å². The van der Waals surface area contributed by atoms with Crippen LogP contribution in [0.3, 0.4) is 0 Å². The molecule has 2 heterocycles. The third-order valence-electron chi connectivity index (χ3n) is 6.36. The number of carboxylic acid groups (broad SMARTS) is 1.